The second-order valence-corrected chi connectivity index (χ2v) is 5.58. The van der Waals surface area contributed by atoms with Gasteiger partial charge in [-0.05, 0) is 49.4 Å². The van der Waals surface area contributed by atoms with E-state index in [4.69, 9.17) is 4.74 Å². The van der Waals surface area contributed by atoms with E-state index in [2.05, 4.69) is 30.4 Å². The molecule has 0 saturated heterocycles. The molecule has 2 heteroatoms. The first-order valence-corrected chi connectivity index (χ1v) is 7.72. The summed E-state index contributed by atoms with van der Waals surface area (Å²) in [7, 11) is 1.75. The third kappa shape index (κ3) is 3.97. The van der Waals surface area contributed by atoms with Crippen LogP contribution in [0.15, 0.2) is 24.3 Å². The van der Waals surface area contributed by atoms with Crippen molar-refractivity contribution in [1.29, 1.82) is 0 Å². The third-order valence-corrected chi connectivity index (χ3v) is 4.19. The van der Waals surface area contributed by atoms with Crippen molar-refractivity contribution in [3.05, 3.63) is 29.8 Å². The van der Waals surface area contributed by atoms with Crippen molar-refractivity contribution in [3.63, 3.8) is 0 Å². The van der Waals surface area contributed by atoms with E-state index in [0.29, 0.717) is 12.0 Å². The van der Waals surface area contributed by atoms with Gasteiger partial charge in [0.1, 0.15) is 5.75 Å². The highest BCUT2D eigenvalue weighted by molar-refractivity contribution is 5.31. The summed E-state index contributed by atoms with van der Waals surface area (Å²) in [5.41, 5.74) is 1.44. The zero-order valence-electron chi connectivity index (χ0n) is 12.3. The first-order chi connectivity index (χ1) is 9.35. The summed E-state index contributed by atoms with van der Waals surface area (Å²) < 4.78 is 5.37. The number of benzene rings is 1. The molecule has 19 heavy (non-hydrogen) atoms. The molecule has 0 heterocycles. The van der Waals surface area contributed by atoms with E-state index >= 15 is 0 Å². The Hall–Kier alpha value is -1.02. The van der Waals surface area contributed by atoms with Crippen LogP contribution < -0.4 is 10.1 Å². The molecule has 0 bridgehead atoms. The van der Waals surface area contributed by atoms with Crippen LogP contribution in [0.25, 0.3) is 0 Å². The van der Waals surface area contributed by atoms with Crippen molar-refractivity contribution in [2.45, 2.75) is 57.4 Å². The summed E-state index contributed by atoms with van der Waals surface area (Å²) in [5.74, 6) is 1.63. The van der Waals surface area contributed by atoms with Gasteiger partial charge < -0.3 is 10.1 Å². The van der Waals surface area contributed by atoms with Gasteiger partial charge in [0, 0.05) is 6.04 Å². The summed E-state index contributed by atoms with van der Waals surface area (Å²) in [4.78, 5) is 0. The van der Waals surface area contributed by atoms with Crippen LogP contribution in [0, 0.1) is 0 Å². The van der Waals surface area contributed by atoms with Crippen molar-refractivity contribution in [2.75, 3.05) is 13.7 Å². The molecule has 1 aliphatic rings. The largest absolute Gasteiger partial charge is 0.497 e. The molecule has 106 valence electrons. The Balaban J connectivity index is 2.15. The molecular weight excluding hydrogens is 234 g/mol. The Morgan fingerprint density at radius 1 is 1.21 bits per heavy atom. The van der Waals surface area contributed by atoms with Gasteiger partial charge in [-0.25, -0.2) is 0 Å². The second-order valence-electron chi connectivity index (χ2n) is 5.58. The summed E-state index contributed by atoms with van der Waals surface area (Å²) >= 11 is 0. The maximum absolute atomic E-state index is 5.37. The second kappa shape index (κ2) is 7.54. The molecular formula is C17H27NO. The molecule has 0 radical (unpaired) electrons. The first kappa shape index (κ1) is 14.4. The number of hydrogen-bond acceptors (Lipinski definition) is 2. The lowest BCUT2D eigenvalue weighted by atomic mass is 9.87. The molecule has 0 spiro atoms. The molecule has 0 aliphatic heterocycles. The Bertz CT molecular complexity index is 377. The molecule has 0 aromatic heterocycles. The number of ether oxygens (including phenoxy) is 1. The van der Waals surface area contributed by atoms with Crippen LogP contribution in [0.2, 0.25) is 0 Å². The molecule has 1 fully saturated rings. The van der Waals surface area contributed by atoms with E-state index in [9.17, 15) is 0 Å². The lowest BCUT2D eigenvalue weighted by molar-refractivity contribution is 0.401. The van der Waals surface area contributed by atoms with Gasteiger partial charge >= 0.3 is 0 Å². The van der Waals surface area contributed by atoms with Crippen molar-refractivity contribution in [3.8, 4) is 5.75 Å². The average molecular weight is 261 g/mol. The first-order valence-electron chi connectivity index (χ1n) is 7.72. The molecule has 1 aromatic carbocycles. The van der Waals surface area contributed by atoms with E-state index < -0.39 is 0 Å². The minimum absolute atomic E-state index is 0.634. The summed E-state index contributed by atoms with van der Waals surface area (Å²) in [6.45, 7) is 3.37. The third-order valence-electron chi connectivity index (χ3n) is 4.19. The Labute approximate surface area is 117 Å². The molecule has 2 atom stereocenters. The van der Waals surface area contributed by atoms with E-state index in [-0.39, 0.29) is 0 Å². The van der Waals surface area contributed by atoms with Gasteiger partial charge in [0.05, 0.1) is 7.11 Å². The van der Waals surface area contributed by atoms with Crippen molar-refractivity contribution >= 4 is 0 Å². The molecule has 1 saturated carbocycles. The zero-order chi connectivity index (χ0) is 13.5. The molecule has 0 amide bonds. The molecule has 2 rings (SSSR count). The van der Waals surface area contributed by atoms with E-state index in [1.807, 2.05) is 6.07 Å². The van der Waals surface area contributed by atoms with E-state index in [1.54, 1.807) is 7.11 Å². The maximum Gasteiger partial charge on any atom is 0.119 e. The van der Waals surface area contributed by atoms with Crippen LogP contribution in [0.4, 0.5) is 0 Å². The van der Waals surface area contributed by atoms with Gasteiger partial charge in [-0.3, -0.25) is 0 Å². The SMILES string of the molecule is CCCNC1CCCCCC1c1cccc(OC)c1. The van der Waals surface area contributed by atoms with Crippen molar-refractivity contribution in [2.24, 2.45) is 0 Å². The zero-order valence-corrected chi connectivity index (χ0v) is 12.3. The summed E-state index contributed by atoms with van der Waals surface area (Å²) in [5, 5.41) is 3.76. The normalized spacial score (nSPS) is 23.9. The van der Waals surface area contributed by atoms with Gasteiger partial charge in [0.2, 0.25) is 0 Å². The highest BCUT2D eigenvalue weighted by Gasteiger charge is 2.24. The molecule has 2 unspecified atom stereocenters. The highest BCUT2D eigenvalue weighted by Crippen LogP contribution is 2.33. The predicted octanol–water partition coefficient (Wildman–Crippen LogP) is 4.11. The number of nitrogens with one attached hydrogen (secondary N) is 1. The van der Waals surface area contributed by atoms with Crippen LogP contribution >= 0.6 is 0 Å². The lowest BCUT2D eigenvalue weighted by Crippen LogP contribution is -2.34. The number of rotatable bonds is 5. The van der Waals surface area contributed by atoms with Crippen LogP contribution in [-0.2, 0) is 0 Å². The molecule has 2 nitrogen and oxygen atoms in total. The fourth-order valence-corrected chi connectivity index (χ4v) is 3.15. The lowest BCUT2D eigenvalue weighted by Gasteiger charge is -2.27. The minimum Gasteiger partial charge on any atom is -0.497 e. The van der Waals surface area contributed by atoms with Crippen LogP contribution in [0.1, 0.15) is 56.9 Å². The van der Waals surface area contributed by atoms with Crippen LogP contribution in [0.3, 0.4) is 0 Å². The van der Waals surface area contributed by atoms with Gasteiger partial charge in [-0.2, -0.15) is 0 Å². The fourth-order valence-electron chi connectivity index (χ4n) is 3.15. The smallest absolute Gasteiger partial charge is 0.119 e. The van der Waals surface area contributed by atoms with Gasteiger partial charge in [-0.1, -0.05) is 38.3 Å². The monoisotopic (exact) mass is 261 g/mol. The van der Waals surface area contributed by atoms with Crippen LogP contribution in [-0.4, -0.2) is 19.7 Å². The van der Waals surface area contributed by atoms with Crippen LogP contribution in [0.5, 0.6) is 5.75 Å². The number of hydrogen-bond donors (Lipinski definition) is 1. The van der Waals surface area contributed by atoms with E-state index in [1.165, 1.54) is 44.1 Å². The summed E-state index contributed by atoms with van der Waals surface area (Å²) in [6, 6.07) is 9.27. The summed E-state index contributed by atoms with van der Waals surface area (Å²) in [6.07, 6.45) is 7.91. The molecule has 1 aliphatic carbocycles. The minimum atomic E-state index is 0.634. The highest BCUT2D eigenvalue weighted by atomic mass is 16.5. The number of methoxy groups -OCH3 is 1. The Morgan fingerprint density at radius 2 is 2.05 bits per heavy atom. The van der Waals surface area contributed by atoms with Gasteiger partial charge in [-0.15, -0.1) is 0 Å². The standard InChI is InChI=1S/C17H27NO/c1-3-12-18-17-11-6-4-5-10-16(17)14-8-7-9-15(13-14)19-2/h7-9,13,16-18H,3-6,10-12H2,1-2H3. The molecule has 1 aromatic rings. The van der Waals surface area contributed by atoms with E-state index in [0.717, 1.165) is 12.3 Å². The Morgan fingerprint density at radius 3 is 2.84 bits per heavy atom. The van der Waals surface area contributed by atoms with Gasteiger partial charge in [0.25, 0.3) is 0 Å². The van der Waals surface area contributed by atoms with Crippen molar-refractivity contribution in [1.82, 2.24) is 5.32 Å². The molecule has 1 N–H and O–H groups in total. The van der Waals surface area contributed by atoms with Crippen molar-refractivity contribution < 1.29 is 4.74 Å². The Kier molecular flexibility index (Phi) is 5.71. The van der Waals surface area contributed by atoms with Gasteiger partial charge in [0.15, 0.2) is 0 Å². The quantitative estimate of drug-likeness (QED) is 0.805. The maximum atomic E-state index is 5.37. The topological polar surface area (TPSA) is 21.3 Å². The predicted molar refractivity (Wildman–Crippen MR) is 80.9 cm³/mol. The average Bonchev–Trinajstić information content (AvgIpc) is 2.70. The fraction of sp³-hybridized carbons (Fsp3) is 0.647.